The number of aliphatic hydroxyl groups is 1. The molecule has 0 saturated carbocycles. The van der Waals surface area contributed by atoms with E-state index >= 15 is 0 Å². The number of halogens is 1. The van der Waals surface area contributed by atoms with Gasteiger partial charge in [-0.1, -0.05) is 36.5 Å². The van der Waals surface area contributed by atoms with Crippen molar-refractivity contribution >= 4 is 16.3 Å². The number of hydrogen-bond donors (Lipinski definition) is 2. The number of benzene rings is 1. The predicted octanol–water partition coefficient (Wildman–Crippen LogP) is 2.74. The molecule has 0 radical (unpaired) electrons. The van der Waals surface area contributed by atoms with E-state index in [9.17, 15) is 14.6 Å². The Balaban J connectivity index is 1.81. The number of aromatic nitrogens is 3. The van der Waals surface area contributed by atoms with Crippen molar-refractivity contribution in [2.75, 3.05) is 13.1 Å². The maximum Gasteiger partial charge on any atom is 0.230 e. The van der Waals surface area contributed by atoms with E-state index in [4.69, 9.17) is 0 Å². The van der Waals surface area contributed by atoms with Gasteiger partial charge >= 0.3 is 0 Å². The van der Waals surface area contributed by atoms with Crippen LogP contribution in [0.4, 0.5) is 4.39 Å². The maximum absolute atomic E-state index is 14.6. The van der Waals surface area contributed by atoms with Crippen molar-refractivity contribution in [3.8, 4) is 5.88 Å². The smallest absolute Gasteiger partial charge is 0.230 e. The first kappa shape index (κ1) is 17.4. The molecule has 3 heterocycles. The lowest BCUT2D eigenvalue weighted by molar-refractivity contribution is 0.0683. The van der Waals surface area contributed by atoms with Crippen LogP contribution in [0.3, 0.4) is 0 Å². The molecule has 0 unspecified atom stereocenters. The average Bonchev–Trinajstić information content (AvgIpc) is 3.18. The number of fused-ring (bicyclic) bond motifs is 1. The van der Waals surface area contributed by atoms with Crippen LogP contribution in [0.25, 0.3) is 4.96 Å². The van der Waals surface area contributed by atoms with Crippen LogP contribution in [-0.4, -0.2) is 48.9 Å². The highest BCUT2D eigenvalue weighted by molar-refractivity contribution is 7.17. The number of aryl methyl sites for hydroxylation is 1. The summed E-state index contributed by atoms with van der Waals surface area (Å²) < 4.78 is 16.0. The van der Waals surface area contributed by atoms with Crippen LogP contribution in [0.2, 0.25) is 0 Å². The van der Waals surface area contributed by atoms with E-state index in [0.29, 0.717) is 53.6 Å². The summed E-state index contributed by atoms with van der Waals surface area (Å²) in [6.07, 6.45) is 1.62. The van der Waals surface area contributed by atoms with Gasteiger partial charge in [0.1, 0.15) is 5.82 Å². The molecule has 1 aliphatic heterocycles. The zero-order chi connectivity index (χ0) is 18.3. The molecule has 0 amide bonds. The summed E-state index contributed by atoms with van der Waals surface area (Å²) in [6.45, 7) is 3.22. The van der Waals surface area contributed by atoms with Gasteiger partial charge in [0.05, 0.1) is 17.0 Å². The molecular weight excluding hydrogens is 355 g/mol. The van der Waals surface area contributed by atoms with Gasteiger partial charge in [-0.15, -0.1) is 5.10 Å². The molecule has 3 aromatic rings. The first-order valence-corrected chi connectivity index (χ1v) is 9.64. The number of aromatic hydroxyl groups is 1. The van der Waals surface area contributed by atoms with Crippen molar-refractivity contribution in [1.29, 1.82) is 0 Å². The average molecular weight is 376 g/mol. The first-order valence-electron chi connectivity index (χ1n) is 8.82. The summed E-state index contributed by atoms with van der Waals surface area (Å²) in [5.74, 6) is 0.370. The monoisotopic (exact) mass is 376 g/mol. The van der Waals surface area contributed by atoms with Crippen LogP contribution in [0, 0.1) is 5.82 Å². The molecule has 2 aromatic heterocycles. The van der Waals surface area contributed by atoms with Crippen molar-refractivity contribution in [2.24, 2.45) is 0 Å². The minimum atomic E-state index is -0.428. The van der Waals surface area contributed by atoms with Gasteiger partial charge in [-0.05, 0) is 18.9 Å². The molecule has 1 saturated heterocycles. The molecule has 1 fully saturated rings. The second-order valence-corrected chi connectivity index (χ2v) is 7.57. The highest BCUT2D eigenvalue weighted by Crippen LogP contribution is 2.41. The molecule has 2 N–H and O–H groups in total. The number of hydrogen-bond acceptors (Lipinski definition) is 6. The Hall–Kier alpha value is -2.03. The summed E-state index contributed by atoms with van der Waals surface area (Å²) >= 11 is 1.33. The molecule has 4 rings (SSSR count). The predicted molar refractivity (Wildman–Crippen MR) is 97.0 cm³/mol. The third kappa shape index (κ3) is 2.98. The van der Waals surface area contributed by atoms with Crippen molar-refractivity contribution in [3.63, 3.8) is 0 Å². The number of thiazole rings is 1. The van der Waals surface area contributed by atoms with Crippen molar-refractivity contribution in [2.45, 2.75) is 38.3 Å². The Bertz CT molecular complexity index is 917. The standard InChI is InChI=1S/C18H21FN4O2S/c1-2-14-20-18-23(21-14)17(25)16(26-18)15(12-5-3-4-6-13(12)19)22-9-7-11(24)8-10-22/h3-6,11,15,24-25H,2,7-10H2,1H3/t15-/m0/s1. The Morgan fingerprint density at radius 1 is 1.31 bits per heavy atom. The minimum Gasteiger partial charge on any atom is -0.492 e. The molecule has 1 aromatic carbocycles. The van der Waals surface area contributed by atoms with E-state index < -0.39 is 6.04 Å². The first-order chi connectivity index (χ1) is 12.6. The lowest BCUT2D eigenvalue weighted by atomic mass is 9.99. The van der Waals surface area contributed by atoms with Crippen molar-refractivity contribution < 1.29 is 14.6 Å². The van der Waals surface area contributed by atoms with Crippen LogP contribution in [-0.2, 0) is 6.42 Å². The number of nitrogens with zero attached hydrogens (tertiary/aromatic N) is 4. The minimum absolute atomic E-state index is 0.0107. The molecule has 0 spiro atoms. The fourth-order valence-electron chi connectivity index (χ4n) is 3.46. The van der Waals surface area contributed by atoms with Gasteiger partial charge in [-0.25, -0.2) is 9.37 Å². The van der Waals surface area contributed by atoms with Crippen LogP contribution in [0.5, 0.6) is 5.88 Å². The number of aliphatic hydroxyl groups excluding tert-OH is 1. The number of rotatable bonds is 4. The maximum atomic E-state index is 14.6. The van der Waals surface area contributed by atoms with E-state index in [1.54, 1.807) is 18.2 Å². The van der Waals surface area contributed by atoms with E-state index in [-0.39, 0.29) is 17.8 Å². The van der Waals surface area contributed by atoms with Gasteiger partial charge in [0.25, 0.3) is 0 Å². The van der Waals surface area contributed by atoms with Gasteiger partial charge in [0.2, 0.25) is 10.8 Å². The van der Waals surface area contributed by atoms with E-state index in [0.717, 1.165) is 0 Å². The normalized spacial score (nSPS) is 17.8. The zero-order valence-electron chi connectivity index (χ0n) is 14.5. The van der Waals surface area contributed by atoms with Crippen LogP contribution in [0.1, 0.15) is 42.1 Å². The van der Waals surface area contributed by atoms with Crippen LogP contribution in [0.15, 0.2) is 24.3 Å². The molecule has 138 valence electrons. The second-order valence-electron chi connectivity index (χ2n) is 6.56. The molecule has 8 heteroatoms. The van der Waals surface area contributed by atoms with Crippen molar-refractivity contribution in [1.82, 2.24) is 19.5 Å². The summed E-state index contributed by atoms with van der Waals surface area (Å²) in [5.41, 5.74) is 0.513. The fraction of sp³-hybridized carbons (Fsp3) is 0.444. The van der Waals surface area contributed by atoms with E-state index in [1.807, 2.05) is 6.92 Å². The Kier molecular flexibility index (Phi) is 4.64. The topological polar surface area (TPSA) is 73.9 Å². The Morgan fingerprint density at radius 2 is 2.04 bits per heavy atom. The van der Waals surface area contributed by atoms with Crippen LogP contribution < -0.4 is 0 Å². The molecule has 0 aliphatic carbocycles. The van der Waals surface area contributed by atoms with Gasteiger partial charge in [0.15, 0.2) is 5.82 Å². The number of likely N-dealkylation sites (tertiary alicyclic amines) is 1. The summed E-state index contributed by atoms with van der Waals surface area (Å²) in [7, 11) is 0. The van der Waals surface area contributed by atoms with Crippen LogP contribution >= 0.6 is 11.3 Å². The molecular formula is C18H21FN4O2S. The highest BCUT2D eigenvalue weighted by atomic mass is 32.1. The quantitative estimate of drug-likeness (QED) is 0.732. The van der Waals surface area contributed by atoms with Gasteiger partial charge in [0, 0.05) is 25.1 Å². The largest absolute Gasteiger partial charge is 0.492 e. The highest BCUT2D eigenvalue weighted by Gasteiger charge is 2.33. The molecule has 6 nitrogen and oxygen atoms in total. The fourth-order valence-corrected chi connectivity index (χ4v) is 4.59. The van der Waals surface area contributed by atoms with Crippen molar-refractivity contribution in [3.05, 3.63) is 46.3 Å². The SMILES string of the molecule is CCc1nc2sc([C@H](c3ccccc3F)N3CCC(O)CC3)c(O)n2n1. The summed E-state index contributed by atoms with van der Waals surface area (Å²) in [6, 6.07) is 6.21. The third-order valence-corrected chi connectivity index (χ3v) is 5.94. The molecule has 1 atom stereocenters. The third-order valence-electron chi connectivity index (χ3n) is 4.87. The summed E-state index contributed by atoms with van der Waals surface area (Å²) in [4.78, 5) is 7.77. The summed E-state index contributed by atoms with van der Waals surface area (Å²) in [5, 5.41) is 24.9. The van der Waals surface area contributed by atoms with E-state index in [1.165, 1.54) is 21.9 Å². The molecule has 0 bridgehead atoms. The zero-order valence-corrected chi connectivity index (χ0v) is 15.3. The van der Waals surface area contributed by atoms with E-state index in [2.05, 4.69) is 15.0 Å². The molecule has 26 heavy (non-hydrogen) atoms. The lowest BCUT2D eigenvalue weighted by Gasteiger charge is -2.36. The van der Waals surface area contributed by atoms with Gasteiger partial charge in [-0.2, -0.15) is 4.52 Å². The second kappa shape index (κ2) is 6.94. The van der Waals surface area contributed by atoms with Gasteiger partial charge < -0.3 is 10.2 Å². The lowest BCUT2D eigenvalue weighted by Crippen LogP contribution is -2.39. The molecule has 1 aliphatic rings. The number of piperidine rings is 1. The van der Waals surface area contributed by atoms with Gasteiger partial charge in [-0.3, -0.25) is 4.90 Å². The Morgan fingerprint density at radius 3 is 2.69 bits per heavy atom. The Labute approximate surface area is 154 Å².